The van der Waals surface area contributed by atoms with Gasteiger partial charge in [0, 0.05) is 11.4 Å². The number of carbonyl (C=O) groups is 3. The summed E-state index contributed by atoms with van der Waals surface area (Å²) >= 11 is 2.19. The molecule has 0 radical (unpaired) electrons. The molecule has 2 amide bonds. The zero-order valence-electron chi connectivity index (χ0n) is 18.3. The fraction of sp³-hybridized carbons (Fsp3) is 0.526. The van der Waals surface area contributed by atoms with Crippen LogP contribution in [0.3, 0.4) is 0 Å². The van der Waals surface area contributed by atoms with Crippen molar-refractivity contribution in [3.63, 3.8) is 0 Å². The van der Waals surface area contributed by atoms with Crippen LogP contribution in [-0.2, 0) is 34.3 Å². The van der Waals surface area contributed by atoms with Gasteiger partial charge in [0.1, 0.15) is 10.6 Å². The van der Waals surface area contributed by atoms with Crippen molar-refractivity contribution in [3.8, 4) is 5.95 Å². The minimum atomic E-state index is -0.630. The highest BCUT2D eigenvalue weighted by atomic mass is 32.2. The van der Waals surface area contributed by atoms with E-state index in [0.29, 0.717) is 18.0 Å². The molecule has 11 nitrogen and oxygen atoms in total. The second-order valence-corrected chi connectivity index (χ2v) is 10.0. The minimum Gasteiger partial charge on any atom is -0.538 e. The molecule has 2 aromatic heterocycles. The molecule has 1 N–H and O–H groups in total. The van der Waals surface area contributed by atoms with Crippen LogP contribution in [0.4, 0.5) is 9.80 Å². The van der Waals surface area contributed by atoms with E-state index in [-0.39, 0.29) is 22.9 Å². The van der Waals surface area contributed by atoms with Gasteiger partial charge in [-0.05, 0) is 44.5 Å². The van der Waals surface area contributed by atoms with Crippen molar-refractivity contribution < 1.29 is 38.2 Å². The number of aromatic nitrogens is 2. The highest BCUT2D eigenvalue weighted by Crippen LogP contribution is 2.38. The van der Waals surface area contributed by atoms with Gasteiger partial charge in [0.2, 0.25) is 5.91 Å². The van der Waals surface area contributed by atoms with E-state index in [1.54, 1.807) is 25.7 Å². The summed E-state index contributed by atoms with van der Waals surface area (Å²) < 4.78 is 16.1. The molecule has 0 spiro atoms. The monoisotopic (exact) mass is 484 g/mol. The van der Waals surface area contributed by atoms with E-state index >= 15 is 0 Å². The Morgan fingerprint density at radius 2 is 2.09 bits per heavy atom. The summed E-state index contributed by atoms with van der Waals surface area (Å²) in [6.07, 6.45) is -0.0101. The van der Waals surface area contributed by atoms with Crippen LogP contribution in [0.5, 0.6) is 5.95 Å². The molecule has 32 heavy (non-hydrogen) atoms. The van der Waals surface area contributed by atoms with E-state index in [9.17, 15) is 19.5 Å². The molecule has 0 fully saturated rings. The maximum absolute atomic E-state index is 12.5. The Labute approximate surface area is 192 Å². The number of methoxy groups -OCH3 is 1. The van der Waals surface area contributed by atoms with Crippen molar-refractivity contribution >= 4 is 46.1 Å². The molecule has 0 aromatic carbocycles. The maximum atomic E-state index is 12.5. The molecule has 0 aliphatic carbocycles. The summed E-state index contributed by atoms with van der Waals surface area (Å²) in [4.78, 5) is 39.7. The normalized spacial score (nSPS) is 13.5. The number of thioether (sulfide) groups is 1. The number of hydrogen-bond donors (Lipinski definition) is 1. The average molecular weight is 485 g/mol. The van der Waals surface area contributed by atoms with Crippen molar-refractivity contribution in [1.29, 1.82) is 0 Å². The van der Waals surface area contributed by atoms with Gasteiger partial charge in [-0.25, -0.2) is 9.59 Å². The third-order valence-corrected chi connectivity index (χ3v) is 6.65. The molecular weight excluding hydrogens is 460 g/mol. The predicted octanol–water partition coefficient (Wildman–Crippen LogP) is 1.44. The number of nitrogens with one attached hydrogen (secondary N) is 1. The number of aryl methyl sites for hydroxylation is 1. The third-order valence-electron chi connectivity index (χ3n) is 4.41. The number of ether oxygens (including phenoxy) is 2. The number of esters is 1. The van der Waals surface area contributed by atoms with Crippen LogP contribution >= 0.6 is 23.1 Å². The maximum Gasteiger partial charge on any atom is 0.410 e. The lowest BCUT2D eigenvalue weighted by molar-refractivity contribution is -0.772. The van der Waals surface area contributed by atoms with Gasteiger partial charge in [0.05, 0.1) is 30.2 Å². The number of anilines is 1. The lowest BCUT2D eigenvalue weighted by atomic mass is 10.0. The van der Waals surface area contributed by atoms with Crippen LogP contribution in [0.1, 0.15) is 41.6 Å². The standard InChI is InChI=1S/C19H24N4O7S2/c1-19(2,3)29-18(27)23-7-6-10-11(8-23)32-14(13(10)16(25)28-5)20-12(24)9-31-15-17(26)30-21-22(15)4/h6-9H2,1-5H3,(H-,20,21,24,25,26). The van der Waals surface area contributed by atoms with Crippen molar-refractivity contribution in [1.82, 2.24) is 10.2 Å². The summed E-state index contributed by atoms with van der Waals surface area (Å²) in [5, 5.41) is 18.3. The summed E-state index contributed by atoms with van der Waals surface area (Å²) in [5.74, 6) is -1.70. The van der Waals surface area contributed by atoms with Crippen LogP contribution in [0.25, 0.3) is 0 Å². The molecular formula is C19H24N4O7S2. The van der Waals surface area contributed by atoms with Gasteiger partial charge in [0.15, 0.2) is 13.0 Å². The molecule has 0 unspecified atom stereocenters. The van der Waals surface area contributed by atoms with Crippen LogP contribution in [0, 0.1) is 0 Å². The lowest BCUT2D eigenvalue weighted by Crippen LogP contribution is -2.39. The van der Waals surface area contributed by atoms with E-state index in [2.05, 4.69) is 15.1 Å². The second-order valence-electron chi connectivity index (χ2n) is 7.98. The Morgan fingerprint density at radius 3 is 2.69 bits per heavy atom. The van der Waals surface area contributed by atoms with Gasteiger partial charge in [-0.15, -0.1) is 11.3 Å². The Bertz CT molecular complexity index is 1020. The fourth-order valence-electron chi connectivity index (χ4n) is 3.05. The highest BCUT2D eigenvalue weighted by molar-refractivity contribution is 7.99. The summed E-state index contributed by atoms with van der Waals surface area (Å²) in [7, 11) is 2.80. The van der Waals surface area contributed by atoms with E-state index < -0.39 is 29.5 Å². The molecule has 0 bridgehead atoms. The molecule has 1 aliphatic rings. The number of fused-ring (bicyclic) bond motifs is 1. The highest BCUT2D eigenvalue weighted by Gasteiger charge is 2.32. The first-order chi connectivity index (χ1) is 15.0. The lowest BCUT2D eigenvalue weighted by Gasteiger charge is -2.30. The first kappa shape index (κ1) is 23.9. The SMILES string of the molecule is COC(=O)c1c(NC(=O)CSc2c([O-])on[n+]2C)sc2c1CCN(C(=O)OC(C)(C)C)C2. The fourth-order valence-corrected chi connectivity index (χ4v) is 5.03. The molecule has 3 rings (SSSR count). The number of carbonyl (C=O) groups excluding carboxylic acids is 3. The van der Waals surface area contributed by atoms with Gasteiger partial charge in [-0.1, -0.05) is 4.68 Å². The number of amides is 2. The van der Waals surface area contributed by atoms with E-state index in [1.807, 2.05) is 0 Å². The first-order valence-electron chi connectivity index (χ1n) is 9.66. The van der Waals surface area contributed by atoms with Gasteiger partial charge < -0.3 is 29.3 Å². The van der Waals surface area contributed by atoms with E-state index in [0.717, 1.165) is 22.2 Å². The van der Waals surface area contributed by atoms with Crippen molar-refractivity contribution in [3.05, 3.63) is 16.0 Å². The zero-order valence-corrected chi connectivity index (χ0v) is 20.0. The number of rotatable bonds is 5. The number of nitrogens with zero attached hydrogens (tertiary/aromatic N) is 3. The molecule has 13 heteroatoms. The smallest absolute Gasteiger partial charge is 0.410 e. The molecule has 0 saturated heterocycles. The van der Waals surface area contributed by atoms with E-state index in [4.69, 9.17) is 9.47 Å². The molecule has 3 heterocycles. The quantitative estimate of drug-likeness (QED) is 0.379. The average Bonchev–Trinajstić information content (AvgIpc) is 3.22. The van der Waals surface area contributed by atoms with Gasteiger partial charge >= 0.3 is 12.1 Å². The summed E-state index contributed by atoms with van der Waals surface area (Å²) in [6, 6.07) is 0. The Balaban J connectivity index is 1.76. The van der Waals surface area contributed by atoms with Crippen molar-refractivity contribution in [2.75, 3.05) is 24.7 Å². The number of thiophene rings is 1. The Morgan fingerprint density at radius 1 is 1.38 bits per heavy atom. The predicted molar refractivity (Wildman–Crippen MR) is 112 cm³/mol. The third kappa shape index (κ3) is 5.33. The van der Waals surface area contributed by atoms with Crippen LogP contribution in [-0.4, -0.2) is 53.1 Å². The second kappa shape index (κ2) is 9.36. The summed E-state index contributed by atoms with van der Waals surface area (Å²) in [5.41, 5.74) is 0.415. The molecule has 0 atom stereocenters. The van der Waals surface area contributed by atoms with Gasteiger partial charge in [0.25, 0.3) is 5.03 Å². The minimum absolute atomic E-state index is 0.0858. The summed E-state index contributed by atoms with van der Waals surface area (Å²) in [6.45, 7) is 6.02. The van der Waals surface area contributed by atoms with Crippen LogP contribution in [0.15, 0.2) is 9.55 Å². The van der Waals surface area contributed by atoms with Crippen molar-refractivity contribution in [2.45, 2.75) is 44.4 Å². The van der Waals surface area contributed by atoms with E-state index in [1.165, 1.54) is 30.2 Å². The Kier molecular flexibility index (Phi) is 6.98. The van der Waals surface area contributed by atoms with Crippen LogP contribution in [0.2, 0.25) is 0 Å². The first-order valence-corrected chi connectivity index (χ1v) is 11.5. The molecule has 1 aliphatic heterocycles. The van der Waals surface area contributed by atoms with Gasteiger partial charge in [-0.3, -0.25) is 4.79 Å². The van der Waals surface area contributed by atoms with Gasteiger partial charge in [-0.2, -0.15) is 0 Å². The Hall–Kier alpha value is -2.80. The largest absolute Gasteiger partial charge is 0.538 e. The number of hydrogen-bond acceptors (Lipinski definition) is 10. The topological polar surface area (TPSA) is 138 Å². The molecule has 0 saturated carbocycles. The van der Waals surface area contributed by atoms with Crippen molar-refractivity contribution in [2.24, 2.45) is 7.05 Å². The zero-order chi connectivity index (χ0) is 23.6. The molecule has 2 aromatic rings. The molecule has 174 valence electrons. The van der Waals surface area contributed by atoms with Crippen LogP contribution < -0.4 is 15.1 Å².